The van der Waals surface area contributed by atoms with Crippen molar-refractivity contribution in [1.29, 1.82) is 0 Å². The lowest BCUT2D eigenvalue weighted by atomic mass is 10.1. The number of nitrogens with zero attached hydrogens (tertiary/aromatic N) is 2. The fraction of sp³-hybridized carbons (Fsp3) is 0.533. The van der Waals surface area contributed by atoms with Gasteiger partial charge < -0.3 is 9.64 Å². The number of methoxy groups -OCH3 is 1. The quantitative estimate of drug-likeness (QED) is 0.822. The molecule has 104 valence electrons. The molecule has 0 radical (unpaired) electrons. The summed E-state index contributed by atoms with van der Waals surface area (Å²) in [4.78, 5) is 15.6. The molecule has 0 atom stereocenters. The summed E-state index contributed by atoms with van der Waals surface area (Å²) < 4.78 is 5.15. The van der Waals surface area contributed by atoms with E-state index >= 15 is 0 Å². The number of amides is 1. The van der Waals surface area contributed by atoms with E-state index in [1.807, 2.05) is 17.0 Å². The Kier molecular flexibility index (Phi) is 4.80. The van der Waals surface area contributed by atoms with Gasteiger partial charge in [-0.3, -0.25) is 9.69 Å². The lowest BCUT2D eigenvalue weighted by Crippen LogP contribution is -2.48. The predicted molar refractivity (Wildman–Crippen MR) is 75.4 cm³/mol. The molecule has 4 heteroatoms. The third-order valence-corrected chi connectivity index (χ3v) is 3.69. The number of carbonyl (C=O) groups excluding carboxylic acids is 1. The molecule has 0 saturated carbocycles. The Morgan fingerprint density at radius 1 is 1.16 bits per heavy atom. The van der Waals surface area contributed by atoms with Gasteiger partial charge in [-0.25, -0.2) is 0 Å². The average molecular weight is 262 g/mol. The molecule has 1 fully saturated rings. The Bertz CT molecular complexity index is 409. The van der Waals surface area contributed by atoms with Crippen molar-refractivity contribution in [3.63, 3.8) is 0 Å². The van der Waals surface area contributed by atoms with Crippen molar-refractivity contribution >= 4 is 5.91 Å². The molecule has 0 unspecified atom stereocenters. The van der Waals surface area contributed by atoms with E-state index in [9.17, 15) is 4.79 Å². The maximum atomic E-state index is 11.2. The van der Waals surface area contributed by atoms with Gasteiger partial charge in [0.1, 0.15) is 5.75 Å². The molecule has 1 aromatic carbocycles. The van der Waals surface area contributed by atoms with Crippen LogP contribution in [0.5, 0.6) is 5.75 Å². The molecule has 1 aliphatic heterocycles. The van der Waals surface area contributed by atoms with Crippen LogP contribution in [0.1, 0.15) is 12.5 Å². The number of hydrogen-bond acceptors (Lipinski definition) is 3. The predicted octanol–water partition coefficient (Wildman–Crippen LogP) is 1.40. The highest BCUT2D eigenvalue weighted by Gasteiger charge is 2.17. The first-order chi connectivity index (χ1) is 9.19. The van der Waals surface area contributed by atoms with Crippen LogP contribution >= 0.6 is 0 Å². The summed E-state index contributed by atoms with van der Waals surface area (Å²) in [6, 6.07) is 8.24. The van der Waals surface area contributed by atoms with Crippen LogP contribution in [0.2, 0.25) is 0 Å². The largest absolute Gasteiger partial charge is 0.497 e. The van der Waals surface area contributed by atoms with Crippen LogP contribution in [-0.2, 0) is 11.2 Å². The molecule has 19 heavy (non-hydrogen) atoms. The van der Waals surface area contributed by atoms with E-state index in [1.165, 1.54) is 5.56 Å². The molecule has 1 heterocycles. The molecule has 0 spiro atoms. The molecule has 1 aromatic rings. The summed E-state index contributed by atoms with van der Waals surface area (Å²) >= 11 is 0. The smallest absolute Gasteiger partial charge is 0.219 e. The van der Waals surface area contributed by atoms with Crippen molar-refractivity contribution in [2.24, 2.45) is 0 Å². The van der Waals surface area contributed by atoms with Gasteiger partial charge in [-0.15, -0.1) is 0 Å². The third-order valence-electron chi connectivity index (χ3n) is 3.69. The van der Waals surface area contributed by atoms with Crippen molar-refractivity contribution in [2.45, 2.75) is 13.3 Å². The number of carbonyl (C=O) groups is 1. The fourth-order valence-electron chi connectivity index (χ4n) is 2.37. The molecular weight excluding hydrogens is 240 g/mol. The van der Waals surface area contributed by atoms with Gasteiger partial charge in [0.2, 0.25) is 5.91 Å². The average Bonchev–Trinajstić information content (AvgIpc) is 2.46. The highest BCUT2D eigenvalue weighted by molar-refractivity contribution is 5.73. The van der Waals surface area contributed by atoms with Crippen molar-refractivity contribution in [1.82, 2.24) is 9.80 Å². The maximum Gasteiger partial charge on any atom is 0.219 e. The number of piperazine rings is 1. The SMILES string of the molecule is COc1ccc(CCN2CCN(C(C)=O)CC2)cc1. The normalized spacial score (nSPS) is 16.4. The zero-order valence-electron chi connectivity index (χ0n) is 11.8. The molecule has 1 aliphatic rings. The van der Waals surface area contributed by atoms with Crippen molar-refractivity contribution in [2.75, 3.05) is 39.8 Å². The Morgan fingerprint density at radius 2 is 1.79 bits per heavy atom. The summed E-state index contributed by atoms with van der Waals surface area (Å²) in [5.74, 6) is 1.09. The topological polar surface area (TPSA) is 32.8 Å². The van der Waals surface area contributed by atoms with Crippen LogP contribution < -0.4 is 4.74 Å². The maximum absolute atomic E-state index is 11.2. The first kappa shape index (κ1) is 13.9. The molecular formula is C15H22N2O2. The summed E-state index contributed by atoms with van der Waals surface area (Å²) in [7, 11) is 1.68. The van der Waals surface area contributed by atoms with Crippen LogP contribution in [-0.4, -0.2) is 55.5 Å². The van der Waals surface area contributed by atoms with E-state index in [4.69, 9.17) is 4.74 Å². The molecule has 0 N–H and O–H groups in total. The van der Waals surface area contributed by atoms with E-state index in [0.29, 0.717) is 0 Å². The summed E-state index contributed by atoms with van der Waals surface area (Å²) in [6.45, 7) is 6.38. The second-order valence-corrected chi connectivity index (χ2v) is 4.95. The van der Waals surface area contributed by atoms with Crippen molar-refractivity contribution < 1.29 is 9.53 Å². The van der Waals surface area contributed by atoms with Crippen LogP contribution in [0.3, 0.4) is 0 Å². The second-order valence-electron chi connectivity index (χ2n) is 4.95. The Labute approximate surface area is 115 Å². The van der Waals surface area contributed by atoms with Crippen molar-refractivity contribution in [3.05, 3.63) is 29.8 Å². The van der Waals surface area contributed by atoms with E-state index in [0.717, 1.165) is 44.9 Å². The lowest BCUT2D eigenvalue weighted by Gasteiger charge is -2.34. The van der Waals surface area contributed by atoms with Gasteiger partial charge >= 0.3 is 0 Å². The van der Waals surface area contributed by atoms with E-state index in [-0.39, 0.29) is 5.91 Å². The first-order valence-corrected chi connectivity index (χ1v) is 6.80. The highest BCUT2D eigenvalue weighted by Crippen LogP contribution is 2.12. The highest BCUT2D eigenvalue weighted by atomic mass is 16.5. The van der Waals surface area contributed by atoms with Crippen LogP contribution in [0.15, 0.2) is 24.3 Å². The number of rotatable bonds is 4. The summed E-state index contributed by atoms with van der Waals surface area (Å²) in [5.41, 5.74) is 1.33. The number of hydrogen-bond donors (Lipinski definition) is 0. The Balaban J connectivity index is 1.75. The second kappa shape index (κ2) is 6.57. The third kappa shape index (κ3) is 3.96. The first-order valence-electron chi connectivity index (χ1n) is 6.80. The van der Waals surface area contributed by atoms with Crippen LogP contribution in [0.25, 0.3) is 0 Å². The molecule has 1 saturated heterocycles. The minimum absolute atomic E-state index is 0.190. The van der Waals surface area contributed by atoms with Gasteiger partial charge in [0.25, 0.3) is 0 Å². The Hall–Kier alpha value is -1.55. The van der Waals surface area contributed by atoms with E-state index in [1.54, 1.807) is 14.0 Å². The molecule has 1 amide bonds. The van der Waals surface area contributed by atoms with E-state index < -0.39 is 0 Å². The Morgan fingerprint density at radius 3 is 2.32 bits per heavy atom. The molecule has 4 nitrogen and oxygen atoms in total. The summed E-state index contributed by atoms with van der Waals surface area (Å²) in [6.07, 6.45) is 1.05. The van der Waals surface area contributed by atoms with Gasteiger partial charge in [0, 0.05) is 39.6 Å². The van der Waals surface area contributed by atoms with Gasteiger partial charge in [-0.05, 0) is 24.1 Å². The lowest BCUT2D eigenvalue weighted by molar-refractivity contribution is -0.130. The summed E-state index contributed by atoms with van der Waals surface area (Å²) in [5, 5.41) is 0. The molecule has 0 aromatic heterocycles. The molecule has 2 rings (SSSR count). The number of ether oxygens (including phenoxy) is 1. The van der Waals surface area contributed by atoms with Crippen LogP contribution in [0, 0.1) is 0 Å². The minimum Gasteiger partial charge on any atom is -0.497 e. The van der Waals surface area contributed by atoms with Crippen molar-refractivity contribution in [3.8, 4) is 5.75 Å². The monoisotopic (exact) mass is 262 g/mol. The van der Waals surface area contributed by atoms with Gasteiger partial charge in [0.15, 0.2) is 0 Å². The molecule has 0 aliphatic carbocycles. The fourth-order valence-corrected chi connectivity index (χ4v) is 2.37. The van der Waals surface area contributed by atoms with Crippen LogP contribution in [0.4, 0.5) is 0 Å². The zero-order chi connectivity index (χ0) is 13.7. The van der Waals surface area contributed by atoms with Gasteiger partial charge in [0.05, 0.1) is 7.11 Å². The van der Waals surface area contributed by atoms with Gasteiger partial charge in [-0.1, -0.05) is 12.1 Å². The zero-order valence-corrected chi connectivity index (χ0v) is 11.8. The molecule has 0 bridgehead atoms. The van der Waals surface area contributed by atoms with Gasteiger partial charge in [-0.2, -0.15) is 0 Å². The standard InChI is InChI=1S/C15H22N2O2/c1-13(18)17-11-9-16(10-12-17)8-7-14-3-5-15(19-2)6-4-14/h3-6H,7-12H2,1-2H3. The minimum atomic E-state index is 0.190. The van der Waals surface area contributed by atoms with E-state index in [2.05, 4.69) is 17.0 Å². The number of benzene rings is 1.